The van der Waals surface area contributed by atoms with Gasteiger partial charge < -0.3 is 64.7 Å². The molecule has 0 aliphatic heterocycles. The highest BCUT2D eigenvalue weighted by Gasteiger charge is 2.25. The molecule has 0 aliphatic carbocycles. The maximum atomic E-state index is 12.3. The number of hydrogen-bond donors (Lipinski definition) is 6. The Morgan fingerprint density at radius 3 is 0.851 bits per heavy atom. The number of carboxylic acids is 1. The lowest BCUT2D eigenvalue weighted by Crippen LogP contribution is -2.42. The van der Waals surface area contributed by atoms with Crippen LogP contribution in [0.4, 0.5) is 19.2 Å². The number of rotatable bonds is 25. The van der Waals surface area contributed by atoms with Gasteiger partial charge >= 0.3 is 42.3 Å². The molecule has 0 saturated carbocycles. The van der Waals surface area contributed by atoms with E-state index >= 15 is 0 Å². The van der Waals surface area contributed by atoms with Crippen LogP contribution in [0.2, 0.25) is 0 Å². The predicted molar refractivity (Wildman–Crippen MR) is 451 cm³/mol. The summed E-state index contributed by atoms with van der Waals surface area (Å²) >= 11 is 0. The molecule has 0 fully saturated rings. The third-order valence-electron chi connectivity index (χ3n) is 15.8. The first-order chi connectivity index (χ1) is 53.7. The second-order valence-electron chi connectivity index (χ2n) is 30.7. The maximum absolute atomic E-state index is 12.3. The molecule has 608 valence electrons. The summed E-state index contributed by atoms with van der Waals surface area (Å²) in [6.07, 6.45) is 3.74. The molecule has 0 spiro atoms. The van der Waals surface area contributed by atoms with Crippen LogP contribution in [0.1, 0.15) is 140 Å². The van der Waals surface area contributed by atoms with Crippen molar-refractivity contribution in [1.29, 1.82) is 0 Å². The zero-order valence-electron chi connectivity index (χ0n) is 69.1. The summed E-state index contributed by atoms with van der Waals surface area (Å²) in [4.78, 5) is 92.9. The Balaban J connectivity index is 0.000000311. The molecule has 8 aromatic carbocycles. The molecule has 0 radical (unpaired) electrons. The lowest BCUT2D eigenvalue weighted by molar-refractivity contribution is -0.139. The van der Waals surface area contributed by atoms with E-state index in [0.717, 1.165) is 73.0 Å². The van der Waals surface area contributed by atoms with Crippen molar-refractivity contribution in [1.82, 2.24) is 21.3 Å². The van der Waals surface area contributed by atoms with Crippen LogP contribution in [0.3, 0.4) is 0 Å². The molecule has 4 unspecified atom stereocenters. The quantitative estimate of drug-likeness (QED) is 0.0134. The molecule has 0 heterocycles. The first-order valence-electron chi connectivity index (χ1n) is 38.0. The molecule has 8 aromatic rings. The van der Waals surface area contributed by atoms with Crippen LogP contribution < -0.4 is 21.3 Å². The number of carboxylic acid groups (broad SMARTS) is 1. The van der Waals surface area contributed by atoms with E-state index in [1.807, 2.05) is 224 Å². The van der Waals surface area contributed by atoms with Gasteiger partial charge in [-0.2, -0.15) is 0 Å². The van der Waals surface area contributed by atoms with E-state index in [4.69, 9.17) is 28.8 Å². The fourth-order valence-electron chi connectivity index (χ4n) is 10.6. The molecule has 0 bridgehead atoms. The lowest BCUT2D eigenvalue weighted by Gasteiger charge is -2.23. The number of carbonyl (C=O) groups excluding carboxylic acids is 7. The molecule has 4 amide bonds. The van der Waals surface area contributed by atoms with Crippen LogP contribution >= 0.6 is 0 Å². The van der Waals surface area contributed by atoms with Crippen LogP contribution in [-0.2, 0) is 73.3 Å². The predicted octanol–water partition coefficient (Wildman–Crippen LogP) is 19.0. The number of hydrogen-bond acceptors (Lipinski definition) is 15. The number of alkyl carbamates (subject to hydrolysis) is 4. The van der Waals surface area contributed by atoms with Gasteiger partial charge in [0, 0.05) is 16.7 Å². The normalized spacial score (nSPS) is 12.3. The molecule has 20 nitrogen and oxygen atoms in total. The van der Waals surface area contributed by atoms with Gasteiger partial charge in [-0.3, -0.25) is 0 Å². The van der Waals surface area contributed by atoms with Gasteiger partial charge in [0.1, 0.15) is 28.7 Å². The van der Waals surface area contributed by atoms with Crippen LogP contribution in [-0.4, -0.2) is 125 Å². The number of aliphatic hydroxyl groups is 1. The van der Waals surface area contributed by atoms with Crippen LogP contribution in [0.15, 0.2) is 254 Å². The monoisotopic (exact) mass is 1560 g/mol. The van der Waals surface area contributed by atoms with Crippen LogP contribution in [0, 0.1) is 0 Å². The number of ether oxygens (including phenoxy) is 6. The molecule has 0 aromatic heterocycles. The number of aliphatic carboxylic acids is 1. The van der Waals surface area contributed by atoms with Crippen molar-refractivity contribution in [3.05, 3.63) is 276 Å². The average molecular weight is 1560 g/mol. The van der Waals surface area contributed by atoms with Crippen LogP contribution in [0.25, 0.3) is 44.5 Å². The Kier molecular flexibility index (Phi) is 39.3. The topological polar surface area (TPSA) is 281 Å². The van der Waals surface area contributed by atoms with E-state index in [1.165, 1.54) is 13.0 Å². The summed E-state index contributed by atoms with van der Waals surface area (Å²) in [5.74, 6) is -1.73. The van der Waals surface area contributed by atoms with Crippen molar-refractivity contribution in [2.24, 2.45) is 0 Å². The molecule has 4 atom stereocenters. The van der Waals surface area contributed by atoms with E-state index in [1.54, 1.807) is 75.3 Å². The van der Waals surface area contributed by atoms with Crippen molar-refractivity contribution in [2.75, 3.05) is 19.8 Å². The summed E-state index contributed by atoms with van der Waals surface area (Å²) in [6.45, 7) is 33.9. The first-order valence-corrected chi connectivity index (χ1v) is 38.0. The number of nitrogens with one attached hydrogen (secondary N) is 4. The van der Waals surface area contributed by atoms with Gasteiger partial charge in [-0.1, -0.05) is 237 Å². The van der Waals surface area contributed by atoms with Crippen molar-refractivity contribution in [3.8, 4) is 44.5 Å². The number of amides is 4. The zero-order chi connectivity index (χ0) is 84.6. The van der Waals surface area contributed by atoms with E-state index in [0.29, 0.717) is 50.0 Å². The standard InChI is InChI=1S/C25H31NO4.C23H27NO4.C20H25NO3.C20H23NO3.C6H10O2/c1-6-29-23(27)18(2)16-22(26-24(28)30-25(3,4)5)17-19-12-14-21(15-13-19)20-10-8-7-9-11-20;1-16(21(25)26)14-20(24-22(27)28-23(2,3)4)15-17-10-12-19(13-11-17)18-8-6-5-7-9-18;2*1-20(2,3)24-19(23)21-18(14-22)13-15-9-11-17(12-10-15)16-7-5-4-6-8-16;1-4-8-6(7)5(2)3/h7-16,22H,6,17H2,1-5H3,(H,26,28);5-14,20H,15H2,1-4H3,(H,24,27)(H,25,26);4-12,18,22H,13-14H2,1-3H3,(H,21,23);4-12,14,18H,13H2,1-3H3,(H,21,23);2,4H2,1,3H3/b18-16+;16-14+;;;. The van der Waals surface area contributed by atoms with Crippen LogP contribution in [0.5, 0.6) is 0 Å². The Labute approximate surface area is 673 Å². The number of esters is 2. The first kappa shape index (κ1) is 94.5. The third kappa shape index (κ3) is 39.3. The molecular formula is C94H116N4O16. The largest absolute Gasteiger partial charge is 0.478 e. The van der Waals surface area contributed by atoms with E-state index in [9.17, 15) is 43.5 Å². The van der Waals surface area contributed by atoms with E-state index in [2.05, 4.69) is 69.0 Å². The highest BCUT2D eigenvalue weighted by atomic mass is 16.6. The van der Waals surface area contributed by atoms with Gasteiger partial charge in [0.25, 0.3) is 0 Å². The summed E-state index contributed by atoms with van der Waals surface area (Å²) in [6, 6.07) is 70.7. The molecule has 20 heteroatoms. The highest BCUT2D eigenvalue weighted by Crippen LogP contribution is 2.25. The van der Waals surface area contributed by atoms with Gasteiger partial charge in [0.2, 0.25) is 0 Å². The third-order valence-corrected chi connectivity index (χ3v) is 15.8. The van der Waals surface area contributed by atoms with E-state index in [-0.39, 0.29) is 24.2 Å². The number of aliphatic hydroxyl groups excluding tert-OH is 1. The summed E-state index contributed by atoms with van der Waals surface area (Å²) in [7, 11) is 0. The molecule has 0 aliphatic rings. The fourth-order valence-corrected chi connectivity index (χ4v) is 10.6. The summed E-state index contributed by atoms with van der Waals surface area (Å²) in [5, 5.41) is 29.6. The van der Waals surface area contributed by atoms with Gasteiger partial charge in [-0.15, -0.1) is 0 Å². The zero-order valence-corrected chi connectivity index (χ0v) is 69.1. The Morgan fingerprint density at radius 2 is 0.605 bits per heavy atom. The number of carbonyl (C=O) groups is 8. The summed E-state index contributed by atoms with van der Waals surface area (Å²) < 4.78 is 30.7. The lowest BCUT2D eigenvalue weighted by atomic mass is 10.00. The Morgan fingerprint density at radius 1 is 0.360 bits per heavy atom. The molecule has 0 saturated heterocycles. The fraction of sp³-hybridized carbons (Fsp3) is 0.340. The minimum atomic E-state index is -1.02. The SMILES string of the molecule is C/C(=C\C(Cc1ccc(-c2ccccc2)cc1)NC(=O)OC(C)(C)C)C(=O)O.C=C(C)C(=O)OCC.CC(C)(C)OC(=O)NC(C=O)Cc1ccc(-c2ccccc2)cc1.CC(C)(C)OC(=O)NC(CO)Cc1ccc(-c2ccccc2)cc1.CCOC(=O)/C(C)=C/C(Cc1ccc(-c2ccccc2)cc1)NC(=O)OC(C)(C)C. The van der Waals surface area contributed by atoms with E-state index < -0.39 is 76.8 Å². The molecule has 6 N–H and O–H groups in total. The molecular weight excluding hydrogens is 1440 g/mol. The van der Waals surface area contributed by atoms with Gasteiger partial charge in [0.15, 0.2) is 0 Å². The highest BCUT2D eigenvalue weighted by molar-refractivity contribution is 5.88. The smallest absolute Gasteiger partial charge is 0.408 e. The summed E-state index contributed by atoms with van der Waals surface area (Å²) in [5.41, 5.74) is 11.8. The Bertz CT molecular complexity index is 4350. The van der Waals surface area contributed by atoms with Crippen molar-refractivity contribution in [2.45, 2.75) is 190 Å². The molecule has 114 heavy (non-hydrogen) atoms. The van der Waals surface area contributed by atoms with Gasteiger partial charge in [-0.05, 0) is 210 Å². The average Bonchev–Trinajstić information content (AvgIpc) is 0.851. The van der Waals surface area contributed by atoms with Crippen molar-refractivity contribution < 1.29 is 77.0 Å². The Hall–Kier alpha value is -11.9. The van der Waals surface area contributed by atoms with Crippen molar-refractivity contribution >= 4 is 48.6 Å². The minimum Gasteiger partial charge on any atom is -0.478 e. The number of benzene rings is 8. The van der Waals surface area contributed by atoms with Gasteiger partial charge in [-0.25, -0.2) is 33.6 Å². The second-order valence-corrected chi connectivity index (χ2v) is 30.7. The maximum Gasteiger partial charge on any atom is 0.408 e. The minimum absolute atomic E-state index is 0.139. The molecule has 8 rings (SSSR count). The van der Waals surface area contributed by atoms with Gasteiger partial charge in [0.05, 0.1) is 44.0 Å². The number of aldehydes is 1. The van der Waals surface area contributed by atoms with Crippen molar-refractivity contribution in [3.63, 3.8) is 0 Å². The second kappa shape index (κ2) is 47.5.